The molecule has 1 aliphatic rings. The van der Waals surface area contributed by atoms with E-state index in [4.69, 9.17) is 14.2 Å². The summed E-state index contributed by atoms with van der Waals surface area (Å²) in [6, 6.07) is 12.6. The maximum atomic E-state index is 13.5. The molecule has 1 aliphatic heterocycles. The number of carbonyl (C=O) groups is 1. The molecule has 1 atom stereocenters. The largest absolute Gasteiger partial charge is 0.493 e. The van der Waals surface area contributed by atoms with Gasteiger partial charge in [0.1, 0.15) is 12.4 Å². The summed E-state index contributed by atoms with van der Waals surface area (Å²) in [4.78, 5) is 25.3. The minimum absolute atomic E-state index is 0.0506. The smallest absolute Gasteiger partial charge is 0.416 e. The van der Waals surface area contributed by atoms with Gasteiger partial charge in [-0.25, -0.2) is 0 Å². The van der Waals surface area contributed by atoms with E-state index < -0.39 is 28.6 Å². The van der Waals surface area contributed by atoms with E-state index in [0.29, 0.717) is 29.2 Å². The highest BCUT2D eigenvalue weighted by Gasteiger charge is 2.35. The van der Waals surface area contributed by atoms with E-state index in [1.807, 2.05) is 0 Å². The molecule has 0 radical (unpaired) electrons. The van der Waals surface area contributed by atoms with Gasteiger partial charge in [0.15, 0.2) is 11.5 Å². The molecule has 0 saturated carbocycles. The highest BCUT2D eigenvalue weighted by atomic mass is 19.4. The van der Waals surface area contributed by atoms with Gasteiger partial charge in [0, 0.05) is 24.2 Å². The number of amides is 1. The van der Waals surface area contributed by atoms with Crippen LogP contribution in [0.5, 0.6) is 17.2 Å². The Hall–Kier alpha value is -4.28. The third-order valence-electron chi connectivity index (χ3n) is 6.16. The monoisotopic (exact) mass is 516 g/mol. The topological polar surface area (TPSA) is 91.1 Å². The molecule has 4 rings (SSSR count). The van der Waals surface area contributed by atoms with Crippen LogP contribution in [-0.4, -0.2) is 43.1 Å². The van der Waals surface area contributed by atoms with Crippen molar-refractivity contribution in [3.8, 4) is 17.2 Å². The lowest BCUT2D eigenvalue weighted by Crippen LogP contribution is -2.42. The van der Waals surface area contributed by atoms with Crippen LogP contribution in [0.25, 0.3) is 0 Å². The molecule has 8 nitrogen and oxygen atoms in total. The lowest BCUT2D eigenvalue weighted by Gasteiger charge is -2.37. The molecule has 3 aromatic carbocycles. The predicted molar refractivity (Wildman–Crippen MR) is 127 cm³/mol. The van der Waals surface area contributed by atoms with Gasteiger partial charge in [-0.05, 0) is 60.0 Å². The third kappa shape index (κ3) is 5.45. The van der Waals surface area contributed by atoms with Crippen molar-refractivity contribution in [2.24, 2.45) is 0 Å². The standard InChI is InChI=1S/C26H23F3N2O6/c1-35-23-13-16-10-11-30(25(32)17-4-3-5-18(12-17)26(27,28)29)22(21(16)14-24(23)36-2)15-37-20-8-6-19(7-9-20)31(33)34/h3-9,12-14,22H,10-11,15H2,1-2H3/t22-/m1/s1. The first-order valence-electron chi connectivity index (χ1n) is 11.2. The quantitative estimate of drug-likeness (QED) is 0.306. The zero-order valence-corrected chi connectivity index (χ0v) is 19.9. The van der Waals surface area contributed by atoms with Crippen molar-refractivity contribution >= 4 is 11.6 Å². The Labute approximate surface area is 210 Å². The van der Waals surface area contributed by atoms with Gasteiger partial charge in [0.25, 0.3) is 11.6 Å². The summed E-state index contributed by atoms with van der Waals surface area (Å²) in [5.41, 5.74) is 0.461. The second kappa shape index (κ2) is 10.4. The molecule has 0 bridgehead atoms. The Balaban J connectivity index is 1.70. The SMILES string of the molecule is COc1cc2c(cc1OC)[C@@H](COc1ccc([N+](=O)[O-])cc1)N(C(=O)c1cccc(C(F)(F)F)c1)CC2. The first kappa shape index (κ1) is 25.8. The van der Waals surface area contributed by atoms with Crippen molar-refractivity contribution in [3.05, 3.63) is 93.0 Å². The van der Waals surface area contributed by atoms with Gasteiger partial charge in [-0.1, -0.05) is 6.07 Å². The summed E-state index contributed by atoms with van der Waals surface area (Å²) >= 11 is 0. The molecular weight excluding hydrogens is 493 g/mol. The van der Waals surface area contributed by atoms with E-state index in [1.165, 1.54) is 55.5 Å². The molecule has 0 fully saturated rings. The van der Waals surface area contributed by atoms with Crippen molar-refractivity contribution in [2.75, 3.05) is 27.4 Å². The van der Waals surface area contributed by atoms with Gasteiger partial charge in [0.05, 0.1) is 30.7 Å². The van der Waals surface area contributed by atoms with E-state index in [9.17, 15) is 28.1 Å². The number of non-ortho nitro benzene ring substituents is 1. The first-order valence-corrected chi connectivity index (χ1v) is 11.2. The van der Waals surface area contributed by atoms with Crippen molar-refractivity contribution in [1.29, 1.82) is 0 Å². The van der Waals surface area contributed by atoms with Crippen LogP contribution in [0, 0.1) is 10.1 Å². The maximum Gasteiger partial charge on any atom is 0.416 e. The van der Waals surface area contributed by atoms with Crippen molar-refractivity contribution < 1.29 is 37.1 Å². The minimum Gasteiger partial charge on any atom is -0.493 e. The number of nitro benzene ring substituents is 1. The number of hydrogen-bond donors (Lipinski definition) is 0. The second-order valence-corrected chi connectivity index (χ2v) is 8.31. The van der Waals surface area contributed by atoms with E-state index in [0.717, 1.165) is 17.7 Å². The fraction of sp³-hybridized carbons (Fsp3) is 0.269. The van der Waals surface area contributed by atoms with E-state index in [1.54, 1.807) is 12.1 Å². The number of alkyl halides is 3. The lowest BCUT2D eigenvalue weighted by atomic mass is 9.91. The van der Waals surface area contributed by atoms with Crippen molar-refractivity contribution in [2.45, 2.75) is 18.6 Å². The Bertz CT molecular complexity index is 1310. The second-order valence-electron chi connectivity index (χ2n) is 8.31. The molecular formula is C26H23F3N2O6. The normalized spacial score (nSPS) is 15.1. The Kier molecular flexibility index (Phi) is 7.23. The number of ether oxygens (including phenoxy) is 3. The zero-order valence-electron chi connectivity index (χ0n) is 19.9. The summed E-state index contributed by atoms with van der Waals surface area (Å²) in [5, 5.41) is 10.9. The molecule has 1 heterocycles. The number of nitro groups is 1. The van der Waals surface area contributed by atoms with Crippen LogP contribution in [0.2, 0.25) is 0 Å². The number of fused-ring (bicyclic) bond motifs is 1. The Morgan fingerprint density at radius 1 is 1.05 bits per heavy atom. The first-order chi connectivity index (χ1) is 17.6. The van der Waals surface area contributed by atoms with Crippen LogP contribution in [0.15, 0.2) is 60.7 Å². The summed E-state index contributed by atoms with van der Waals surface area (Å²) in [6.45, 7) is 0.177. The summed E-state index contributed by atoms with van der Waals surface area (Å²) < 4.78 is 56.5. The van der Waals surface area contributed by atoms with Gasteiger partial charge in [-0.3, -0.25) is 14.9 Å². The molecule has 0 N–H and O–H groups in total. The maximum absolute atomic E-state index is 13.5. The molecule has 3 aromatic rings. The Morgan fingerprint density at radius 3 is 2.35 bits per heavy atom. The Morgan fingerprint density at radius 2 is 1.73 bits per heavy atom. The molecule has 0 spiro atoms. The van der Waals surface area contributed by atoms with Crippen molar-refractivity contribution in [3.63, 3.8) is 0 Å². The highest BCUT2D eigenvalue weighted by Crippen LogP contribution is 2.39. The third-order valence-corrected chi connectivity index (χ3v) is 6.16. The summed E-state index contributed by atoms with van der Waals surface area (Å²) in [6.07, 6.45) is -4.15. The molecule has 37 heavy (non-hydrogen) atoms. The van der Waals surface area contributed by atoms with Crippen LogP contribution in [0.4, 0.5) is 18.9 Å². The van der Waals surface area contributed by atoms with Crippen molar-refractivity contribution in [1.82, 2.24) is 4.90 Å². The fourth-order valence-corrected chi connectivity index (χ4v) is 4.28. The lowest BCUT2D eigenvalue weighted by molar-refractivity contribution is -0.384. The number of halogens is 3. The number of hydrogen-bond acceptors (Lipinski definition) is 6. The minimum atomic E-state index is -4.59. The van der Waals surface area contributed by atoms with Crippen LogP contribution in [0.1, 0.15) is 33.1 Å². The number of carbonyl (C=O) groups excluding carboxylic acids is 1. The molecule has 11 heteroatoms. The highest BCUT2D eigenvalue weighted by molar-refractivity contribution is 5.95. The van der Waals surface area contributed by atoms with Crippen LogP contribution in [0.3, 0.4) is 0 Å². The van der Waals surface area contributed by atoms with Crippen LogP contribution >= 0.6 is 0 Å². The summed E-state index contributed by atoms with van der Waals surface area (Å²) in [5.74, 6) is 0.692. The molecule has 1 amide bonds. The molecule has 0 aliphatic carbocycles. The summed E-state index contributed by atoms with van der Waals surface area (Å²) in [7, 11) is 2.98. The fourth-order valence-electron chi connectivity index (χ4n) is 4.28. The number of methoxy groups -OCH3 is 2. The van der Waals surface area contributed by atoms with Gasteiger partial charge in [-0.15, -0.1) is 0 Å². The van der Waals surface area contributed by atoms with Gasteiger partial charge >= 0.3 is 6.18 Å². The zero-order chi connectivity index (χ0) is 26.7. The number of benzene rings is 3. The van der Waals surface area contributed by atoms with E-state index in [-0.39, 0.29) is 24.4 Å². The van der Waals surface area contributed by atoms with Gasteiger partial charge in [-0.2, -0.15) is 13.2 Å². The van der Waals surface area contributed by atoms with E-state index in [2.05, 4.69) is 0 Å². The van der Waals surface area contributed by atoms with Gasteiger partial charge < -0.3 is 19.1 Å². The van der Waals surface area contributed by atoms with Crippen LogP contribution < -0.4 is 14.2 Å². The molecule has 194 valence electrons. The average Bonchev–Trinajstić information content (AvgIpc) is 2.90. The number of nitrogens with zero attached hydrogens (tertiary/aromatic N) is 2. The molecule has 0 aromatic heterocycles. The van der Waals surface area contributed by atoms with Gasteiger partial charge in [0.2, 0.25) is 0 Å². The number of rotatable bonds is 7. The molecule has 0 saturated heterocycles. The molecule has 0 unspecified atom stereocenters. The van der Waals surface area contributed by atoms with Crippen LogP contribution in [-0.2, 0) is 12.6 Å². The van der Waals surface area contributed by atoms with E-state index >= 15 is 0 Å². The average molecular weight is 516 g/mol. The predicted octanol–water partition coefficient (Wildman–Crippen LogP) is 5.45.